The SMILES string of the molecule is Cc1nsc(SC2CCCCC2C#N)n1. The van der Waals surface area contributed by atoms with Crippen LogP contribution in [0.15, 0.2) is 4.34 Å². The number of nitriles is 1. The van der Waals surface area contributed by atoms with Crippen molar-refractivity contribution in [3.63, 3.8) is 0 Å². The third-order valence-electron chi connectivity index (χ3n) is 2.63. The minimum atomic E-state index is 0.202. The first-order valence-electron chi connectivity index (χ1n) is 5.16. The molecule has 1 aliphatic rings. The van der Waals surface area contributed by atoms with E-state index in [-0.39, 0.29) is 5.92 Å². The molecule has 5 heteroatoms. The fraction of sp³-hybridized carbons (Fsp3) is 0.700. The van der Waals surface area contributed by atoms with Crippen molar-refractivity contribution in [2.24, 2.45) is 5.92 Å². The lowest BCUT2D eigenvalue weighted by Crippen LogP contribution is -2.20. The number of aryl methyl sites for hydroxylation is 1. The summed E-state index contributed by atoms with van der Waals surface area (Å²) in [4.78, 5) is 4.33. The number of thioether (sulfide) groups is 1. The molecule has 0 amide bonds. The average molecular weight is 239 g/mol. The van der Waals surface area contributed by atoms with Crippen molar-refractivity contribution in [3.8, 4) is 6.07 Å². The molecule has 0 bridgehead atoms. The van der Waals surface area contributed by atoms with Gasteiger partial charge in [-0.25, -0.2) is 4.98 Å². The van der Waals surface area contributed by atoms with E-state index in [0.717, 1.165) is 23.0 Å². The van der Waals surface area contributed by atoms with Crippen LogP contribution in [0.3, 0.4) is 0 Å². The van der Waals surface area contributed by atoms with Crippen LogP contribution in [0.4, 0.5) is 0 Å². The lowest BCUT2D eigenvalue weighted by atomic mass is 9.90. The van der Waals surface area contributed by atoms with Gasteiger partial charge in [0, 0.05) is 5.25 Å². The standard InChI is InChI=1S/C10H13N3S2/c1-7-12-10(15-13-7)14-9-5-3-2-4-8(9)6-11/h8-9H,2-5H2,1H3. The first-order valence-corrected chi connectivity index (χ1v) is 6.81. The van der Waals surface area contributed by atoms with Crippen LogP contribution in [0.2, 0.25) is 0 Å². The van der Waals surface area contributed by atoms with E-state index in [1.807, 2.05) is 6.92 Å². The Morgan fingerprint density at radius 1 is 1.47 bits per heavy atom. The van der Waals surface area contributed by atoms with Gasteiger partial charge in [0.25, 0.3) is 0 Å². The summed E-state index contributed by atoms with van der Waals surface area (Å²) in [5.74, 6) is 1.04. The van der Waals surface area contributed by atoms with Crippen molar-refractivity contribution < 1.29 is 0 Å². The van der Waals surface area contributed by atoms with E-state index >= 15 is 0 Å². The van der Waals surface area contributed by atoms with E-state index in [1.165, 1.54) is 24.4 Å². The van der Waals surface area contributed by atoms with Crippen LogP contribution in [0.25, 0.3) is 0 Å². The second-order valence-corrected chi connectivity index (χ2v) is 6.02. The first kappa shape index (κ1) is 10.9. The van der Waals surface area contributed by atoms with Gasteiger partial charge >= 0.3 is 0 Å². The Hall–Kier alpha value is -0.600. The molecule has 1 aliphatic carbocycles. The van der Waals surface area contributed by atoms with Crippen LogP contribution in [0.5, 0.6) is 0 Å². The topological polar surface area (TPSA) is 49.6 Å². The summed E-state index contributed by atoms with van der Waals surface area (Å²) in [6.45, 7) is 1.91. The third-order valence-corrected chi connectivity index (χ3v) is 4.90. The molecule has 2 atom stereocenters. The average Bonchev–Trinajstić information content (AvgIpc) is 2.65. The van der Waals surface area contributed by atoms with Crippen molar-refractivity contribution >= 4 is 23.3 Å². The molecular formula is C10H13N3S2. The van der Waals surface area contributed by atoms with Crippen LogP contribution in [-0.2, 0) is 0 Å². The van der Waals surface area contributed by atoms with Crippen LogP contribution >= 0.6 is 23.3 Å². The zero-order valence-electron chi connectivity index (χ0n) is 8.64. The maximum atomic E-state index is 9.05. The Morgan fingerprint density at radius 3 is 2.93 bits per heavy atom. The number of rotatable bonds is 2. The molecule has 0 aliphatic heterocycles. The van der Waals surface area contributed by atoms with Crippen LogP contribution < -0.4 is 0 Å². The summed E-state index contributed by atoms with van der Waals surface area (Å²) < 4.78 is 5.17. The van der Waals surface area contributed by atoms with Gasteiger partial charge in [-0.3, -0.25) is 0 Å². The zero-order valence-corrected chi connectivity index (χ0v) is 10.3. The van der Waals surface area contributed by atoms with Crippen molar-refractivity contribution in [2.75, 3.05) is 0 Å². The molecule has 2 rings (SSSR count). The minimum Gasteiger partial charge on any atom is -0.213 e. The summed E-state index contributed by atoms with van der Waals surface area (Å²) in [7, 11) is 0. The number of aromatic nitrogens is 2. The molecule has 80 valence electrons. The molecule has 1 aromatic rings. The second-order valence-electron chi connectivity index (χ2n) is 3.78. The van der Waals surface area contributed by atoms with Crippen LogP contribution in [0.1, 0.15) is 31.5 Å². The van der Waals surface area contributed by atoms with Gasteiger partial charge in [0.05, 0.1) is 12.0 Å². The molecule has 2 unspecified atom stereocenters. The summed E-state index contributed by atoms with van der Waals surface area (Å²) in [6.07, 6.45) is 4.63. The molecule has 0 spiro atoms. The van der Waals surface area contributed by atoms with Gasteiger partial charge in [-0.15, -0.1) is 0 Å². The van der Waals surface area contributed by atoms with E-state index in [0.29, 0.717) is 5.25 Å². The largest absolute Gasteiger partial charge is 0.213 e. The fourth-order valence-corrected chi connectivity index (χ4v) is 4.01. The highest BCUT2D eigenvalue weighted by atomic mass is 32.2. The van der Waals surface area contributed by atoms with Gasteiger partial charge < -0.3 is 0 Å². The van der Waals surface area contributed by atoms with Crippen molar-refractivity contribution in [1.29, 1.82) is 5.26 Å². The molecular weight excluding hydrogens is 226 g/mol. The Kier molecular flexibility index (Phi) is 3.60. The highest BCUT2D eigenvalue weighted by Gasteiger charge is 2.26. The molecule has 0 radical (unpaired) electrons. The zero-order chi connectivity index (χ0) is 10.7. The van der Waals surface area contributed by atoms with Crippen molar-refractivity contribution in [2.45, 2.75) is 42.2 Å². The Bertz CT molecular complexity index is 369. The highest BCUT2D eigenvalue weighted by molar-refractivity contribution is 8.01. The second kappa shape index (κ2) is 4.95. The smallest absolute Gasteiger partial charge is 0.170 e. The molecule has 3 nitrogen and oxygen atoms in total. The molecule has 1 saturated carbocycles. The maximum Gasteiger partial charge on any atom is 0.170 e. The summed E-state index contributed by atoms with van der Waals surface area (Å²) >= 11 is 3.19. The number of hydrogen-bond acceptors (Lipinski definition) is 5. The maximum absolute atomic E-state index is 9.05. The van der Waals surface area contributed by atoms with Gasteiger partial charge in [-0.05, 0) is 31.3 Å². The Morgan fingerprint density at radius 2 is 2.27 bits per heavy atom. The molecule has 1 heterocycles. The molecule has 0 N–H and O–H groups in total. The molecule has 15 heavy (non-hydrogen) atoms. The third kappa shape index (κ3) is 2.70. The summed E-state index contributed by atoms with van der Waals surface area (Å²) in [5.41, 5.74) is 0. The van der Waals surface area contributed by atoms with E-state index in [4.69, 9.17) is 5.26 Å². The summed E-state index contributed by atoms with van der Waals surface area (Å²) in [5, 5.41) is 9.48. The van der Waals surface area contributed by atoms with Gasteiger partial charge in [0.15, 0.2) is 4.34 Å². The predicted octanol–water partition coefficient (Wildman–Crippen LogP) is 3.02. The number of hydrogen-bond donors (Lipinski definition) is 0. The minimum absolute atomic E-state index is 0.202. The van der Waals surface area contributed by atoms with Crippen molar-refractivity contribution in [1.82, 2.24) is 9.36 Å². The number of nitrogens with zero attached hydrogens (tertiary/aromatic N) is 3. The Labute approximate surface area is 98.1 Å². The van der Waals surface area contributed by atoms with Crippen molar-refractivity contribution in [3.05, 3.63) is 5.82 Å². The lowest BCUT2D eigenvalue weighted by Gasteiger charge is -2.24. The highest BCUT2D eigenvalue weighted by Crippen LogP contribution is 2.37. The summed E-state index contributed by atoms with van der Waals surface area (Å²) in [6, 6.07) is 2.42. The van der Waals surface area contributed by atoms with E-state index in [2.05, 4.69) is 15.4 Å². The van der Waals surface area contributed by atoms with Gasteiger partial charge in [-0.1, -0.05) is 24.6 Å². The van der Waals surface area contributed by atoms with Gasteiger partial charge in [0.2, 0.25) is 0 Å². The van der Waals surface area contributed by atoms with Crippen LogP contribution in [-0.4, -0.2) is 14.6 Å². The van der Waals surface area contributed by atoms with Gasteiger partial charge in [0.1, 0.15) is 5.82 Å². The Balaban J connectivity index is 2.01. The van der Waals surface area contributed by atoms with E-state index < -0.39 is 0 Å². The quantitative estimate of drug-likeness (QED) is 0.796. The molecule has 1 fully saturated rings. The first-order chi connectivity index (χ1) is 7.29. The molecule has 1 aromatic heterocycles. The van der Waals surface area contributed by atoms with Crippen LogP contribution in [0, 0.1) is 24.2 Å². The monoisotopic (exact) mass is 239 g/mol. The molecule has 0 saturated heterocycles. The predicted molar refractivity (Wildman–Crippen MR) is 61.9 cm³/mol. The fourth-order valence-electron chi connectivity index (χ4n) is 1.84. The molecule has 0 aromatic carbocycles. The lowest BCUT2D eigenvalue weighted by molar-refractivity contribution is 0.439. The van der Waals surface area contributed by atoms with Gasteiger partial charge in [-0.2, -0.15) is 9.64 Å². The van der Waals surface area contributed by atoms with E-state index in [1.54, 1.807) is 11.8 Å². The normalized spacial score (nSPS) is 26.1. The van der Waals surface area contributed by atoms with E-state index in [9.17, 15) is 0 Å².